The molecule has 0 bridgehead atoms. The number of nitrogens with one attached hydrogen (secondary N) is 1. The molecular formula is C21H26N2O2. The van der Waals surface area contributed by atoms with E-state index in [9.17, 15) is 9.90 Å². The molecule has 1 atom stereocenters. The van der Waals surface area contributed by atoms with Gasteiger partial charge in [-0.2, -0.15) is 0 Å². The minimum atomic E-state index is -0.0589. The number of hydrogen-bond donors (Lipinski definition) is 2. The molecule has 1 aliphatic heterocycles. The summed E-state index contributed by atoms with van der Waals surface area (Å²) in [6.07, 6.45) is 2.70. The number of carbonyl (C=O) groups is 1. The standard InChI is InChI=1S/C21H26N2O2/c24-16-19-12-7-15-23(19)21(25)22-14-13-20(17-8-3-1-4-9-17)18-10-5-2-6-11-18/h1-6,8-11,19-20,24H,7,12-16H2,(H,22,25)/t19-/m1/s1. The SMILES string of the molecule is O=C(NCCC(c1ccccc1)c1ccccc1)N1CCC[C@@H]1CO. The minimum absolute atomic E-state index is 0.0287. The Morgan fingerprint density at radius 2 is 1.68 bits per heavy atom. The molecule has 0 saturated carbocycles. The summed E-state index contributed by atoms with van der Waals surface area (Å²) in [6.45, 7) is 1.39. The Labute approximate surface area is 149 Å². The van der Waals surface area contributed by atoms with Gasteiger partial charge >= 0.3 is 6.03 Å². The lowest BCUT2D eigenvalue weighted by Gasteiger charge is -2.24. The number of aliphatic hydroxyl groups is 1. The van der Waals surface area contributed by atoms with Crippen molar-refractivity contribution in [3.8, 4) is 0 Å². The molecule has 2 aromatic rings. The highest BCUT2D eigenvalue weighted by Crippen LogP contribution is 2.27. The fourth-order valence-corrected chi connectivity index (χ4v) is 3.61. The molecule has 3 rings (SSSR count). The molecule has 0 radical (unpaired) electrons. The number of amides is 2. The molecule has 0 aliphatic carbocycles. The third-order valence-electron chi connectivity index (χ3n) is 4.96. The van der Waals surface area contributed by atoms with E-state index in [1.165, 1.54) is 11.1 Å². The summed E-state index contributed by atoms with van der Waals surface area (Å²) in [6, 6.07) is 20.7. The summed E-state index contributed by atoms with van der Waals surface area (Å²) >= 11 is 0. The molecule has 25 heavy (non-hydrogen) atoms. The van der Waals surface area contributed by atoms with E-state index in [0.717, 1.165) is 25.8 Å². The fourth-order valence-electron chi connectivity index (χ4n) is 3.61. The molecule has 132 valence electrons. The van der Waals surface area contributed by atoms with Crippen molar-refractivity contribution < 1.29 is 9.90 Å². The van der Waals surface area contributed by atoms with Gasteiger partial charge in [-0.1, -0.05) is 60.7 Å². The Morgan fingerprint density at radius 3 is 2.24 bits per heavy atom. The van der Waals surface area contributed by atoms with Crippen molar-refractivity contribution in [2.75, 3.05) is 19.7 Å². The summed E-state index contributed by atoms with van der Waals surface area (Å²) in [4.78, 5) is 14.1. The van der Waals surface area contributed by atoms with Crippen molar-refractivity contribution >= 4 is 6.03 Å². The number of hydrogen-bond acceptors (Lipinski definition) is 2. The second-order valence-electron chi connectivity index (χ2n) is 6.57. The average Bonchev–Trinajstić information content (AvgIpc) is 3.15. The largest absolute Gasteiger partial charge is 0.394 e. The quantitative estimate of drug-likeness (QED) is 0.848. The molecule has 1 saturated heterocycles. The van der Waals surface area contributed by atoms with Gasteiger partial charge in [-0.25, -0.2) is 4.79 Å². The molecule has 2 amide bonds. The number of nitrogens with zero attached hydrogens (tertiary/aromatic N) is 1. The van der Waals surface area contributed by atoms with Crippen LogP contribution in [-0.2, 0) is 0 Å². The summed E-state index contributed by atoms with van der Waals surface area (Å²) in [5, 5.41) is 12.4. The van der Waals surface area contributed by atoms with Crippen LogP contribution in [-0.4, -0.2) is 41.8 Å². The Kier molecular flexibility index (Phi) is 6.07. The van der Waals surface area contributed by atoms with E-state index in [0.29, 0.717) is 6.54 Å². The highest BCUT2D eigenvalue weighted by atomic mass is 16.3. The lowest BCUT2D eigenvalue weighted by atomic mass is 9.88. The predicted molar refractivity (Wildman–Crippen MR) is 99.6 cm³/mol. The van der Waals surface area contributed by atoms with Crippen LogP contribution in [0.15, 0.2) is 60.7 Å². The van der Waals surface area contributed by atoms with Gasteiger partial charge in [0.25, 0.3) is 0 Å². The Hall–Kier alpha value is -2.33. The Balaban J connectivity index is 1.63. The van der Waals surface area contributed by atoms with Crippen molar-refractivity contribution in [3.63, 3.8) is 0 Å². The van der Waals surface area contributed by atoms with Gasteiger partial charge in [0.05, 0.1) is 12.6 Å². The second-order valence-corrected chi connectivity index (χ2v) is 6.57. The van der Waals surface area contributed by atoms with Gasteiger partial charge in [0.2, 0.25) is 0 Å². The van der Waals surface area contributed by atoms with Crippen LogP contribution in [0.1, 0.15) is 36.3 Å². The van der Waals surface area contributed by atoms with Crippen LogP contribution >= 0.6 is 0 Å². The maximum absolute atomic E-state index is 12.4. The van der Waals surface area contributed by atoms with E-state index < -0.39 is 0 Å². The number of carbonyl (C=O) groups excluding carboxylic acids is 1. The van der Waals surface area contributed by atoms with Crippen LogP contribution in [0.2, 0.25) is 0 Å². The van der Waals surface area contributed by atoms with Crippen LogP contribution in [0.5, 0.6) is 0 Å². The van der Waals surface area contributed by atoms with Crippen LogP contribution in [0, 0.1) is 0 Å². The van der Waals surface area contributed by atoms with E-state index >= 15 is 0 Å². The molecule has 0 aromatic heterocycles. The molecule has 0 unspecified atom stereocenters. The van der Waals surface area contributed by atoms with Crippen molar-refractivity contribution in [1.82, 2.24) is 10.2 Å². The zero-order valence-electron chi connectivity index (χ0n) is 14.5. The molecular weight excluding hydrogens is 312 g/mol. The first-order chi connectivity index (χ1) is 12.3. The van der Waals surface area contributed by atoms with Crippen LogP contribution < -0.4 is 5.32 Å². The van der Waals surface area contributed by atoms with Crippen LogP contribution in [0.25, 0.3) is 0 Å². The normalized spacial score (nSPS) is 17.0. The topological polar surface area (TPSA) is 52.6 Å². The zero-order valence-corrected chi connectivity index (χ0v) is 14.5. The van der Waals surface area contributed by atoms with E-state index in [4.69, 9.17) is 0 Å². The summed E-state index contributed by atoms with van der Waals surface area (Å²) in [5.41, 5.74) is 2.52. The van der Waals surface area contributed by atoms with Gasteiger partial charge < -0.3 is 15.3 Å². The summed E-state index contributed by atoms with van der Waals surface area (Å²) in [7, 11) is 0. The molecule has 1 fully saturated rings. The van der Waals surface area contributed by atoms with Gasteiger partial charge in [0.1, 0.15) is 0 Å². The molecule has 2 N–H and O–H groups in total. The molecule has 0 spiro atoms. The highest BCUT2D eigenvalue weighted by Gasteiger charge is 2.27. The van der Waals surface area contributed by atoms with Gasteiger partial charge in [-0.05, 0) is 30.4 Å². The minimum Gasteiger partial charge on any atom is -0.394 e. The fraction of sp³-hybridized carbons (Fsp3) is 0.381. The van der Waals surface area contributed by atoms with E-state index in [1.807, 2.05) is 12.1 Å². The van der Waals surface area contributed by atoms with E-state index in [-0.39, 0.29) is 24.6 Å². The monoisotopic (exact) mass is 338 g/mol. The first kappa shape index (κ1) is 17.5. The Morgan fingerprint density at radius 1 is 1.08 bits per heavy atom. The first-order valence-corrected chi connectivity index (χ1v) is 9.05. The molecule has 1 heterocycles. The lowest BCUT2D eigenvalue weighted by molar-refractivity contribution is 0.157. The van der Waals surface area contributed by atoms with Gasteiger partial charge in [-0.3, -0.25) is 0 Å². The van der Waals surface area contributed by atoms with Gasteiger partial charge in [0.15, 0.2) is 0 Å². The van der Waals surface area contributed by atoms with Crippen LogP contribution in [0.3, 0.4) is 0 Å². The van der Waals surface area contributed by atoms with Crippen molar-refractivity contribution in [2.24, 2.45) is 0 Å². The third kappa shape index (κ3) is 4.40. The number of likely N-dealkylation sites (tertiary alicyclic amines) is 1. The lowest BCUT2D eigenvalue weighted by Crippen LogP contribution is -2.44. The predicted octanol–water partition coefficient (Wildman–Crippen LogP) is 3.37. The zero-order chi connectivity index (χ0) is 17.5. The smallest absolute Gasteiger partial charge is 0.317 e. The number of rotatable bonds is 6. The molecule has 2 aromatic carbocycles. The third-order valence-corrected chi connectivity index (χ3v) is 4.96. The highest BCUT2D eigenvalue weighted by molar-refractivity contribution is 5.74. The second kappa shape index (κ2) is 8.67. The number of urea groups is 1. The van der Waals surface area contributed by atoms with Gasteiger partial charge in [0, 0.05) is 19.0 Å². The Bertz CT molecular complexity index is 621. The molecule has 4 nitrogen and oxygen atoms in total. The van der Waals surface area contributed by atoms with Crippen LogP contribution in [0.4, 0.5) is 4.79 Å². The maximum Gasteiger partial charge on any atom is 0.317 e. The first-order valence-electron chi connectivity index (χ1n) is 9.05. The number of benzene rings is 2. The summed E-state index contributed by atoms with van der Waals surface area (Å²) in [5.74, 6) is 0.259. The number of aliphatic hydroxyl groups excluding tert-OH is 1. The van der Waals surface area contributed by atoms with Crippen molar-refractivity contribution in [1.29, 1.82) is 0 Å². The molecule has 1 aliphatic rings. The van der Waals surface area contributed by atoms with Gasteiger partial charge in [-0.15, -0.1) is 0 Å². The average molecular weight is 338 g/mol. The summed E-state index contributed by atoms with van der Waals surface area (Å²) < 4.78 is 0. The molecule has 4 heteroatoms. The maximum atomic E-state index is 12.4. The van der Waals surface area contributed by atoms with Crippen molar-refractivity contribution in [3.05, 3.63) is 71.8 Å². The van der Waals surface area contributed by atoms with Crippen molar-refractivity contribution in [2.45, 2.75) is 31.2 Å². The van der Waals surface area contributed by atoms with E-state index in [1.54, 1.807) is 4.90 Å². The van der Waals surface area contributed by atoms with E-state index in [2.05, 4.69) is 53.8 Å².